The number of hydrogen-bond donors (Lipinski definition) is 2. The Morgan fingerprint density at radius 1 is 0.906 bits per heavy atom. The predicted octanol–water partition coefficient (Wildman–Crippen LogP) is 6.13. The first-order chi connectivity index (χ1) is 15.7. The number of Topliss-reactive ketones (excluding diaryl/α,β-unsaturated/α-hetero) is 1. The SMILES string of the molecule is CC(=O)C(C=Nc1ccccc1)=C(NNc1nc(-c2ccccc2)cs1)c1ccccc1. The van der Waals surface area contributed by atoms with Gasteiger partial charge in [0.05, 0.1) is 22.7 Å². The molecule has 2 N–H and O–H groups in total. The zero-order chi connectivity index (χ0) is 22.2. The van der Waals surface area contributed by atoms with E-state index < -0.39 is 0 Å². The minimum Gasteiger partial charge on any atom is -0.298 e. The van der Waals surface area contributed by atoms with Crippen molar-refractivity contribution in [2.75, 3.05) is 5.43 Å². The summed E-state index contributed by atoms with van der Waals surface area (Å²) in [5.41, 5.74) is 11.0. The Labute approximate surface area is 191 Å². The number of carbonyl (C=O) groups is 1. The van der Waals surface area contributed by atoms with E-state index in [4.69, 9.17) is 0 Å². The molecule has 0 saturated carbocycles. The fourth-order valence-electron chi connectivity index (χ4n) is 3.07. The standard InChI is InChI=1S/C26H22N4OS/c1-19(31)23(17-27-22-15-9-4-10-16-22)25(21-13-7-3-8-14-21)29-30-26-28-24(18-32-26)20-11-5-2-6-12-20/h2-18,29H,1H3,(H,28,30). The number of aromatic nitrogens is 1. The highest BCUT2D eigenvalue weighted by molar-refractivity contribution is 7.14. The smallest absolute Gasteiger partial charge is 0.202 e. The second-order valence-electron chi connectivity index (χ2n) is 6.96. The lowest BCUT2D eigenvalue weighted by atomic mass is 10.0. The molecule has 0 spiro atoms. The van der Waals surface area contributed by atoms with E-state index in [9.17, 15) is 4.79 Å². The van der Waals surface area contributed by atoms with Gasteiger partial charge in [-0.05, 0) is 19.1 Å². The summed E-state index contributed by atoms with van der Waals surface area (Å²) in [6.07, 6.45) is 1.60. The fraction of sp³-hybridized carbons (Fsp3) is 0.0385. The lowest BCUT2D eigenvalue weighted by molar-refractivity contribution is -0.113. The molecule has 0 aliphatic carbocycles. The maximum atomic E-state index is 12.6. The van der Waals surface area contributed by atoms with E-state index in [0.29, 0.717) is 16.4 Å². The number of hydrazine groups is 1. The molecule has 0 amide bonds. The average molecular weight is 439 g/mol. The van der Waals surface area contributed by atoms with Gasteiger partial charge < -0.3 is 0 Å². The molecule has 4 aromatic rings. The summed E-state index contributed by atoms with van der Waals surface area (Å²) in [4.78, 5) is 21.7. The van der Waals surface area contributed by atoms with Gasteiger partial charge in [0.2, 0.25) is 5.13 Å². The molecule has 0 aliphatic heterocycles. The maximum absolute atomic E-state index is 12.6. The van der Waals surface area contributed by atoms with E-state index in [-0.39, 0.29) is 5.78 Å². The fourth-order valence-corrected chi connectivity index (χ4v) is 3.75. The molecule has 158 valence electrons. The number of hydrogen-bond acceptors (Lipinski definition) is 6. The number of nitrogens with zero attached hydrogens (tertiary/aromatic N) is 2. The van der Waals surface area contributed by atoms with Gasteiger partial charge >= 0.3 is 0 Å². The Balaban J connectivity index is 1.64. The van der Waals surface area contributed by atoms with E-state index in [0.717, 1.165) is 22.5 Å². The number of para-hydroxylation sites is 1. The number of rotatable bonds is 8. The average Bonchev–Trinajstić information content (AvgIpc) is 3.32. The van der Waals surface area contributed by atoms with Gasteiger partial charge in [0.1, 0.15) is 0 Å². The number of allylic oxidation sites excluding steroid dienone is 1. The second-order valence-corrected chi connectivity index (χ2v) is 7.82. The summed E-state index contributed by atoms with van der Waals surface area (Å²) in [5.74, 6) is -0.0954. The van der Waals surface area contributed by atoms with Gasteiger partial charge in [-0.25, -0.2) is 4.98 Å². The first kappa shape index (κ1) is 21.2. The highest BCUT2D eigenvalue weighted by atomic mass is 32.1. The predicted molar refractivity (Wildman–Crippen MR) is 133 cm³/mol. The first-order valence-corrected chi connectivity index (χ1v) is 11.0. The van der Waals surface area contributed by atoms with Crippen molar-refractivity contribution in [1.82, 2.24) is 10.4 Å². The van der Waals surface area contributed by atoms with Crippen LogP contribution in [0.4, 0.5) is 10.8 Å². The summed E-state index contributed by atoms with van der Waals surface area (Å²) in [7, 11) is 0. The number of carbonyl (C=O) groups excluding carboxylic acids is 1. The summed E-state index contributed by atoms with van der Waals surface area (Å²) in [6, 6.07) is 29.2. The van der Waals surface area contributed by atoms with E-state index in [1.165, 1.54) is 18.3 Å². The van der Waals surface area contributed by atoms with Crippen molar-refractivity contribution < 1.29 is 4.79 Å². The van der Waals surface area contributed by atoms with Crippen molar-refractivity contribution in [1.29, 1.82) is 0 Å². The van der Waals surface area contributed by atoms with Crippen LogP contribution < -0.4 is 10.9 Å². The molecule has 0 aliphatic rings. The van der Waals surface area contributed by atoms with Crippen LogP contribution in [0, 0.1) is 0 Å². The van der Waals surface area contributed by atoms with Gasteiger partial charge in [-0.3, -0.25) is 20.6 Å². The molecular formula is C26H22N4OS. The topological polar surface area (TPSA) is 66.4 Å². The Hall–Kier alpha value is -4.03. The molecule has 3 aromatic carbocycles. The lowest BCUT2D eigenvalue weighted by Gasteiger charge is -2.14. The molecule has 0 unspecified atom stereocenters. The molecule has 0 atom stereocenters. The summed E-state index contributed by atoms with van der Waals surface area (Å²) >= 11 is 1.49. The number of benzene rings is 3. The Morgan fingerprint density at radius 3 is 2.19 bits per heavy atom. The molecule has 0 bridgehead atoms. The van der Waals surface area contributed by atoms with Crippen LogP contribution in [-0.2, 0) is 4.79 Å². The number of aliphatic imine (C=N–C) groups is 1. The third kappa shape index (κ3) is 5.36. The summed E-state index contributed by atoms with van der Waals surface area (Å²) < 4.78 is 0. The van der Waals surface area contributed by atoms with Gasteiger partial charge in [0, 0.05) is 22.7 Å². The van der Waals surface area contributed by atoms with Gasteiger partial charge in [-0.2, -0.15) is 0 Å². The van der Waals surface area contributed by atoms with Crippen molar-refractivity contribution in [3.63, 3.8) is 0 Å². The van der Waals surface area contributed by atoms with Crippen LogP contribution in [0.1, 0.15) is 12.5 Å². The molecule has 4 rings (SSSR count). The van der Waals surface area contributed by atoms with Crippen molar-refractivity contribution in [2.45, 2.75) is 6.92 Å². The Bertz CT molecular complexity index is 1230. The van der Waals surface area contributed by atoms with E-state index in [1.807, 2.05) is 96.4 Å². The van der Waals surface area contributed by atoms with Gasteiger partial charge in [0.25, 0.3) is 0 Å². The quantitative estimate of drug-likeness (QED) is 0.197. The number of thiazole rings is 1. The molecule has 5 nitrogen and oxygen atoms in total. The number of nitrogens with one attached hydrogen (secondary N) is 2. The third-order valence-corrected chi connectivity index (χ3v) is 5.44. The van der Waals surface area contributed by atoms with Crippen LogP contribution in [0.15, 0.2) is 107 Å². The van der Waals surface area contributed by atoms with Crippen molar-refractivity contribution in [2.24, 2.45) is 4.99 Å². The van der Waals surface area contributed by atoms with Crippen LogP contribution in [-0.4, -0.2) is 17.0 Å². The molecule has 32 heavy (non-hydrogen) atoms. The zero-order valence-electron chi connectivity index (χ0n) is 17.5. The normalized spacial score (nSPS) is 11.8. The second kappa shape index (κ2) is 10.3. The van der Waals surface area contributed by atoms with Crippen LogP contribution in [0.25, 0.3) is 17.0 Å². The summed E-state index contributed by atoms with van der Waals surface area (Å²) in [5, 5.41) is 2.69. The monoisotopic (exact) mass is 438 g/mol. The molecule has 1 aromatic heterocycles. The molecule has 0 radical (unpaired) electrons. The highest BCUT2D eigenvalue weighted by Crippen LogP contribution is 2.25. The van der Waals surface area contributed by atoms with Crippen LogP contribution in [0.3, 0.4) is 0 Å². The van der Waals surface area contributed by atoms with E-state index in [1.54, 1.807) is 6.21 Å². The minimum atomic E-state index is -0.0954. The number of anilines is 1. The van der Waals surface area contributed by atoms with Crippen LogP contribution >= 0.6 is 11.3 Å². The first-order valence-electron chi connectivity index (χ1n) is 10.1. The van der Waals surface area contributed by atoms with Gasteiger partial charge in [-0.1, -0.05) is 78.9 Å². The molecule has 6 heteroatoms. The van der Waals surface area contributed by atoms with Crippen molar-refractivity contribution >= 4 is 39.9 Å². The van der Waals surface area contributed by atoms with E-state index in [2.05, 4.69) is 20.8 Å². The summed E-state index contributed by atoms with van der Waals surface area (Å²) in [6.45, 7) is 1.54. The van der Waals surface area contributed by atoms with Crippen LogP contribution in [0.5, 0.6) is 0 Å². The minimum absolute atomic E-state index is 0.0954. The van der Waals surface area contributed by atoms with Gasteiger partial charge in [-0.15, -0.1) is 11.3 Å². The zero-order valence-corrected chi connectivity index (χ0v) is 18.3. The molecule has 0 saturated heterocycles. The maximum Gasteiger partial charge on any atom is 0.202 e. The van der Waals surface area contributed by atoms with Crippen LogP contribution in [0.2, 0.25) is 0 Å². The molecule has 1 heterocycles. The Kier molecular flexibility index (Phi) is 6.84. The van der Waals surface area contributed by atoms with E-state index >= 15 is 0 Å². The molecule has 0 fully saturated rings. The molecular weight excluding hydrogens is 416 g/mol. The lowest BCUT2D eigenvalue weighted by Crippen LogP contribution is -2.23. The Morgan fingerprint density at radius 2 is 1.53 bits per heavy atom. The van der Waals surface area contributed by atoms with Crippen molar-refractivity contribution in [3.8, 4) is 11.3 Å². The third-order valence-electron chi connectivity index (χ3n) is 4.68. The highest BCUT2D eigenvalue weighted by Gasteiger charge is 2.13. The largest absolute Gasteiger partial charge is 0.298 e. The van der Waals surface area contributed by atoms with Gasteiger partial charge in [0.15, 0.2) is 5.78 Å². The van der Waals surface area contributed by atoms with Crippen molar-refractivity contribution in [3.05, 3.63) is 108 Å². The number of ketones is 1.